The average Bonchev–Trinajstić information content (AvgIpc) is 3.24. The lowest BCUT2D eigenvalue weighted by atomic mass is 10.2. The molecule has 0 bridgehead atoms. The van der Waals surface area contributed by atoms with Crippen LogP contribution in [0.25, 0.3) is 0 Å². The number of benzene rings is 1. The van der Waals surface area contributed by atoms with Gasteiger partial charge in [-0.2, -0.15) is 0 Å². The second-order valence-electron chi connectivity index (χ2n) is 7.42. The van der Waals surface area contributed by atoms with E-state index in [0.29, 0.717) is 13.0 Å². The van der Waals surface area contributed by atoms with Crippen molar-refractivity contribution in [3.05, 3.63) is 53.9 Å². The van der Waals surface area contributed by atoms with E-state index in [0.717, 1.165) is 56.5 Å². The summed E-state index contributed by atoms with van der Waals surface area (Å²) < 4.78 is 29.6. The van der Waals surface area contributed by atoms with Crippen molar-refractivity contribution in [3.8, 4) is 0 Å². The zero-order valence-electron chi connectivity index (χ0n) is 17.9. The summed E-state index contributed by atoms with van der Waals surface area (Å²) in [6.07, 6.45) is 2.12. The summed E-state index contributed by atoms with van der Waals surface area (Å²) in [6.45, 7) is 7.69. The molecule has 1 N–H and O–H groups in total. The molecule has 0 atom stereocenters. The number of nitrogens with one attached hydrogen (secondary N) is 1. The van der Waals surface area contributed by atoms with Gasteiger partial charge in [0.15, 0.2) is 15.8 Å². The van der Waals surface area contributed by atoms with Crippen molar-refractivity contribution in [1.29, 1.82) is 0 Å². The minimum absolute atomic E-state index is 0. The molecule has 0 spiro atoms. The van der Waals surface area contributed by atoms with Crippen LogP contribution in [0.15, 0.2) is 52.2 Å². The predicted octanol–water partition coefficient (Wildman–Crippen LogP) is 2.38. The number of hydrogen-bond donors (Lipinski definition) is 1. The van der Waals surface area contributed by atoms with Crippen LogP contribution in [0, 0.1) is 0 Å². The molecule has 0 aliphatic carbocycles. The van der Waals surface area contributed by atoms with Crippen LogP contribution in [0.5, 0.6) is 0 Å². The van der Waals surface area contributed by atoms with Gasteiger partial charge in [0.05, 0.1) is 17.2 Å². The molecule has 10 heteroatoms. The second-order valence-corrected chi connectivity index (χ2v) is 9.60. The van der Waals surface area contributed by atoms with Crippen LogP contribution in [0.2, 0.25) is 0 Å². The number of halogens is 1. The lowest BCUT2D eigenvalue weighted by Crippen LogP contribution is -2.52. The van der Waals surface area contributed by atoms with Crippen molar-refractivity contribution in [2.45, 2.75) is 25.6 Å². The third kappa shape index (κ3) is 8.77. The molecular formula is C21H32IN5O3S. The van der Waals surface area contributed by atoms with Crippen molar-refractivity contribution >= 4 is 39.8 Å². The SMILES string of the molecule is CCNC(=NCCCS(=O)(=O)Cc1ccccc1)N1CCN(Cc2ccon2)CC1.I. The van der Waals surface area contributed by atoms with E-state index < -0.39 is 9.84 Å². The molecule has 2 heterocycles. The van der Waals surface area contributed by atoms with Crippen LogP contribution in [0.1, 0.15) is 24.6 Å². The van der Waals surface area contributed by atoms with Gasteiger partial charge in [-0.25, -0.2) is 8.42 Å². The van der Waals surface area contributed by atoms with Gasteiger partial charge in [-0.05, 0) is 18.9 Å². The molecule has 1 aromatic heterocycles. The van der Waals surface area contributed by atoms with E-state index >= 15 is 0 Å². The van der Waals surface area contributed by atoms with Crippen molar-refractivity contribution in [2.75, 3.05) is 45.0 Å². The number of rotatable bonds is 9. The maximum Gasteiger partial charge on any atom is 0.194 e. The summed E-state index contributed by atoms with van der Waals surface area (Å²) in [4.78, 5) is 9.25. The monoisotopic (exact) mass is 561 g/mol. The average molecular weight is 561 g/mol. The molecule has 0 radical (unpaired) electrons. The summed E-state index contributed by atoms with van der Waals surface area (Å²) in [5.74, 6) is 1.10. The molecule has 3 rings (SSSR count). The Hall–Kier alpha value is -1.66. The summed E-state index contributed by atoms with van der Waals surface area (Å²) in [6, 6.07) is 11.2. The fourth-order valence-corrected chi connectivity index (χ4v) is 4.88. The van der Waals surface area contributed by atoms with Crippen molar-refractivity contribution in [1.82, 2.24) is 20.3 Å². The summed E-state index contributed by atoms with van der Waals surface area (Å²) in [5.41, 5.74) is 1.78. The number of aliphatic imine (C=N–C) groups is 1. The molecule has 172 valence electrons. The smallest absolute Gasteiger partial charge is 0.194 e. The topological polar surface area (TPSA) is 91.0 Å². The molecule has 0 saturated carbocycles. The fourth-order valence-electron chi connectivity index (χ4n) is 3.46. The van der Waals surface area contributed by atoms with E-state index in [1.807, 2.05) is 43.3 Å². The van der Waals surface area contributed by atoms with Gasteiger partial charge in [-0.15, -0.1) is 24.0 Å². The first-order valence-electron chi connectivity index (χ1n) is 10.4. The first-order chi connectivity index (χ1) is 14.6. The zero-order chi connectivity index (χ0) is 21.2. The first-order valence-corrected chi connectivity index (χ1v) is 12.3. The Bertz CT molecular complexity index is 883. The molecule has 1 aromatic carbocycles. The number of hydrogen-bond acceptors (Lipinski definition) is 6. The summed E-state index contributed by atoms with van der Waals surface area (Å²) in [5, 5.41) is 7.31. The quantitative estimate of drug-likeness (QED) is 0.218. The maximum absolute atomic E-state index is 12.3. The molecule has 8 nitrogen and oxygen atoms in total. The van der Waals surface area contributed by atoms with Crippen molar-refractivity contribution in [3.63, 3.8) is 0 Å². The summed E-state index contributed by atoms with van der Waals surface area (Å²) in [7, 11) is -3.13. The van der Waals surface area contributed by atoms with E-state index in [-0.39, 0.29) is 35.5 Å². The van der Waals surface area contributed by atoms with Gasteiger partial charge in [-0.3, -0.25) is 9.89 Å². The lowest BCUT2D eigenvalue weighted by Gasteiger charge is -2.36. The highest BCUT2D eigenvalue weighted by molar-refractivity contribution is 14.0. The number of aromatic nitrogens is 1. The van der Waals surface area contributed by atoms with Gasteiger partial charge < -0.3 is 14.7 Å². The standard InChI is InChI=1S/C21H31N5O3S.HI/c1-2-22-21(26-13-11-25(12-14-26)17-20-9-15-29-24-20)23-10-6-16-30(27,28)18-19-7-4-3-5-8-19;/h3-5,7-9,15H,2,6,10-14,16-18H2,1H3,(H,22,23);1H. The van der Waals surface area contributed by atoms with E-state index in [4.69, 9.17) is 4.52 Å². The third-order valence-corrected chi connectivity index (χ3v) is 6.67. The van der Waals surface area contributed by atoms with Gasteiger partial charge in [0.25, 0.3) is 0 Å². The maximum atomic E-state index is 12.3. The number of nitrogens with zero attached hydrogens (tertiary/aromatic N) is 4. The highest BCUT2D eigenvalue weighted by atomic mass is 127. The highest BCUT2D eigenvalue weighted by Gasteiger charge is 2.20. The Morgan fingerprint density at radius 2 is 1.90 bits per heavy atom. The molecular weight excluding hydrogens is 529 g/mol. The van der Waals surface area contributed by atoms with Gasteiger partial charge in [0.2, 0.25) is 0 Å². The van der Waals surface area contributed by atoms with Crippen LogP contribution >= 0.6 is 24.0 Å². The second kappa shape index (κ2) is 13.0. The zero-order valence-corrected chi connectivity index (χ0v) is 21.1. The van der Waals surface area contributed by atoms with Crippen LogP contribution in [-0.2, 0) is 22.1 Å². The Labute approximate surface area is 202 Å². The Kier molecular flexibility index (Phi) is 10.7. The van der Waals surface area contributed by atoms with Gasteiger partial charge in [0, 0.05) is 51.9 Å². The Balaban J connectivity index is 0.00000341. The third-order valence-electron chi connectivity index (χ3n) is 4.99. The number of sulfone groups is 1. The highest BCUT2D eigenvalue weighted by Crippen LogP contribution is 2.09. The van der Waals surface area contributed by atoms with E-state index in [2.05, 4.69) is 25.3 Å². The molecule has 1 fully saturated rings. The molecule has 31 heavy (non-hydrogen) atoms. The molecule has 0 unspecified atom stereocenters. The van der Waals surface area contributed by atoms with E-state index in [9.17, 15) is 8.42 Å². The normalized spacial score (nSPS) is 15.5. The van der Waals surface area contributed by atoms with Crippen LogP contribution in [0.4, 0.5) is 0 Å². The molecule has 1 aliphatic heterocycles. The van der Waals surface area contributed by atoms with Crippen LogP contribution in [0.3, 0.4) is 0 Å². The van der Waals surface area contributed by atoms with Crippen LogP contribution in [-0.4, -0.2) is 74.4 Å². The molecule has 1 aliphatic rings. The molecule has 2 aromatic rings. The molecule has 1 saturated heterocycles. The fraction of sp³-hybridized carbons (Fsp3) is 0.524. The van der Waals surface area contributed by atoms with Gasteiger partial charge >= 0.3 is 0 Å². The Morgan fingerprint density at radius 1 is 1.16 bits per heavy atom. The Morgan fingerprint density at radius 3 is 2.55 bits per heavy atom. The van der Waals surface area contributed by atoms with E-state index in [1.54, 1.807) is 6.26 Å². The van der Waals surface area contributed by atoms with Crippen molar-refractivity contribution < 1.29 is 12.9 Å². The van der Waals surface area contributed by atoms with E-state index in [1.165, 1.54) is 0 Å². The lowest BCUT2D eigenvalue weighted by molar-refractivity contribution is 0.169. The molecule has 0 amide bonds. The largest absolute Gasteiger partial charge is 0.364 e. The first kappa shape index (κ1) is 25.6. The van der Waals surface area contributed by atoms with Gasteiger partial charge in [0.1, 0.15) is 6.26 Å². The predicted molar refractivity (Wildman–Crippen MR) is 133 cm³/mol. The minimum atomic E-state index is -3.13. The minimum Gasteiger partial charge on any atom is -0.364 e. The summed E-state index contributed by atoms with van der Waals surface area (Å²) >= 11 is 0. The van der Waals surface area contributed by atoms with Crippen molar-refractivity contribution in [2.24, 2.45) is 4.99 Å². The van der Waals surface area contributed by atoms with Gasteiger partial charge in [-0.1, -0.05) is 35.5 Å². The number of guanidine groups is 1. The number of piperazine rings is 1. The van der Waals surface area contributed by atoms with Crippen LogP contribution < -0.4 is 5.32 Å².